The number of hydrogen-bond acceptors (Lipinski definition) is 3. The highest BCUT2D eigenvalue weighted by Crippen LogP contribution is 2.22. The summed E-state index contributed by atoms with van der Waals surface area (Å²) in [5.74, 6) is -0.781. The molecule has 1 unspecified atom stereocenters. The molecule has 18 heavy (non-hydrogen) atoms. The lowest BCUT2D eigenvalue weighted by molar-refractivity contribution is -0.143. The van der Waals surface area contributed by atoms with E-state index < -0.39 is 17.5 Å². The van der Waals surface area contributed by atoms with Gasteiger partial charge in [0, 0.05) is 0 Å². The molecule has 4 nitrogen and oxygen atoms in total. The molecule has 0 saturated heterocycles. The van der Waals surface area contributed by atoms with Gasteiger partial charge in [0.25, 0.3) is 0 Å². The van der Waals surface area contributed by atoms with Gasteiger partial charge < -0.3 is 14.9 Å². The molecule has 0 saturated carbocycles. The largest absolute Gasteiger partial charge is 0.497 e. The van der Waals surface area contributed by atoms with E-state index in [9.17, 15) is 15.0 Å². The van der Waals surface area contributed by atoms with E-state index in [0.717, 1.165) is 5.56 Å². The van der Waals surface area contributed by atoms with E-state index in [1.807, 2.05) is 24.3 Å². The molecule has 0 aliphatic heterocycles. The lowest BCUT2D eigenvalue weighted by atomic mass is 9.88. The predicted octanol–water partition coefficient (Wildman–Crippen LogP) is 2.10. The molecule has 1 atom stereocenters. The zero-order chi connectivity index (χ0) is 13.8. The van der Waals surface area contributed by atoms with Crippen LogP contribution in [-0.4, -0.2) is 28.9 Å². The summed E-state index contributed by atoms with van der Waals surface area (Å²) in [6.07, 6.45) is 0.607. The Bertz CT molecular complexity index is 407. The average Bonchev–Trinajstić information content (AvgIpc) is 2.26. The quantitative estimate of drug-likeness (QED) is 0.813. The second-order valence-electron chi connectivity index (χ2n) is 5.11. The molecule has 4 heteroatoms. The summed E-state index contributed by atoms with van der Waals surface area (Å²) >= 11 is 0. The molecule has 0 aliphatic carbocycles. The molecule has 2 N–H and O–H groups in total. The molecule has 1 aromatic rings. The van der Waals surface area contributed by atoms with Gasteiger partial charge in [-0.2, -0.15) is 0 Å². The molecule has 1 rings (SSSR count). The highest BCUT2D eigenvalue weighted by molar-refractivity contribution is 5.70. The lowest BCUT2D eigenvalue weighted by Gasteiger charge is -2.22. The van der Waals surface area contributed by atoms with E-state index in [-0.39, 0.29) is 6.42 Å². The third kappa shape index (κ3) is 4.75. The number of rotatable bonds is 6. The third-order valence-corrected chi connectivity index (χ3v) is 2.71. The Balaban J connectivity index is 2.80. The van der Waals surface area contributed by atoms with Crippen LogP contribution in [0.15, 0.2) is 24.3 Å². The highest BCUT2D eigenvalue weighted by Gasteiger charge is 2.26. The number of methoxy groups -OCH3 is 1. The Kier molecular flexibility index (Phi) is 4.73. The minimum absolute atomic E-state index is 0.222. The first kappa shape index (κ1) is 14.5. The molecule has 0 fully saturated rings. The minimum atomic E-state index is -0.984. The fourth-order valence-electron chi connectivity index (χ4n) is 1.93. The minimum Gasteiger partial charge on any atom is -0.497 e. The molecule has 0 aromatic heterocycles. The topological polar surface area (TPSA) is 66.8 Å². The normalized spacial score (nSPS) is 13.1. The van der Waals surface area contributed by atoms with E-state index in [1.54, 1.807) is 21.0 Å². The summed E-state index contributed by atoms with van der Waals surface area (Å²) in [5.41, 5.74) is -0.0898. The van der Waals surface area contributed by atoms with Gasteiger partial charge in [-0.1, -0.05) is 12.1 Å². The molecule has 0 spiro atoms. The van der Waals surface area contributed by atoms with E-state index >= 15 is 0 Å². The first-order valence-corrected chi connectivity index (χ1v) is 5.90. The van der Waals surface area contributed by atoms with Crippen molar-refractivity contribution < 1.29 is 19.7 Å². The second kappa shape index (κ2) is 5.87. The van der Waals surface area contributed by atoms with E-state index in [0.29, 0.717) is 12.2 Å². The zero-order valence-electron chi connectivity index (χ0n) is 11.0. The lowest BCUT2D eigenvalue weighted by Crippen LogP contribution is -2.28. The van der Waals surface area contributed by atoms with Gasteiger partial charge in [0.15, 0.2) is 0 Å². The van der Waals surface area contributed by atoms with Crippen LogP contribution in [0.3, 0.4) is 0 Å². The zero-order valence-corrected chi connectivity index (χ0v) is 11.0. The molecule has 0 bridgehead atoms. The van der Waals surface area contributed by atoms with Gasteiger partial charge >= 0.3 is 5.97 Å². The Morgan fingerprint density at radius 2 is 2.11 bits per heavy atom. The van der Waals surface area contributed by atoms with Crippen molar-refractivity contribution >= 4 is 5.97 Å². The summed E-state index contributed by atoms with van der Waals surface area (Å²) in [7, 11) is 1.57. The van der Waals surface area contributed by atoms with Gasteiger partial charge in [0.05, 0.1) is 18.6 Å². The molecule has 1 aromatic carbocycles. The maximum Gasteiger partial charge on any atom is 0.306 e. The van der Waals surface area contributed by atoms with Crippen LogP contribution in [0.25, 0.3) is 0 Å². The van der Waals surface area contributed by atoms with Crippen molar-refractivity contribution in [2.45, 2.75) is 32.3 Å². The van der Waals surface area contributed by atoms with Crippen LogP contribution >= 0.6 is 0 Å². The maximum atomic E-state index is 11.2. The van der Waals surface area contributed by atoms with Gasteiger partial charge in [0.1, 0.15) is 5.75 Å². The fourth-order valence-corrected chi connectivity index (χ4v) is 1.93. The van der Waals surface area contributed by atoms with Crippen LogP contribution in [0, 0.1) is 5.92 Å². The summed E-state index contributed by atoms with van der Waals surface area (Å²) in [6.45, 7) is 3.24. The van der Waals surface area contributed by atoms with Crippen molar-refractivity contribution in [1.29, 1.82) is 0 Å². The fraction of sp³-hybridized carbons (Fsp3) is 0.500. The van der Waals surface area contributed by atoms with Crippen molar-refractivity contribution in [2.24, 2.45) is 5.92 Å². The third-order valence-electron chi connectivity index (χ3n) is 2.71. The van der Waals surface area contributed by atoms with E-state index in [4.69, 9.17) is 4.74 Å². The molecule has 0 aliphatic rings. The van der Waals surface area contributed by atoms with Crippen molar-refractivity contribution in [3.8, 4) is 5.75 Å². The van der Waals surface area contributed by atoms with Crippen LogP contribution in [-0.2, 0) is 11.2 Å². The van der Waals surface area contributed by atoms with Crippen LogP contribution < -0.4 is 4.74 Å². The van der Waals surface area contributed by atoms with Crippen molar-refractivity contribution in [3.05, 3.63) is 29.8 Å². The molecule has 0 amide bonds. The predicted molar refractivity (Wildman–Crippen MR) is 68.7 cm³/mol. The molecule has 100 valence electrons. The Morgan fingerprint density at radius 3 is 2.61 bits per heavy atom. The summed E-state index contributed by atoms with van der Waals surface area (Å²) < 4.78 is 5.10. The van der Waals surface area contributed by atoms with Crippen LogP contribution in [0.1, 0.15) is 25.8 Å². The number of hydrogen-bond donors (Lipinski definition) is 2. The number of carboxylic acid groups (broad SMARTS) is 1. The SMILES string of the molecule is COc1cccc(CC(CC(C)(C)O)C(=O)O)c1. The summed E-state index contributed by atoms with van der Waals surface area (Å²) in [6, 6.07) is 7.33. The number of carboxylic acids is 1. The van der Waals surface area contributed by atoms with Gasteiger partial charge in [-0.3, -0.25) is 4.79 Å². The second-order valence-corrected chi connectivity index (χ2v) is 5.11. The molecule has 0 heterocycles. The summed E-state index contributed by atoms with van der Waals surface area (Å²) in [4.78, 5) is 11.2. The van der Waals surface area contributed by atoms with Crippen molar-refractivity contribution in [1.82, 2.24) is 0 Å². The number of aliphatic carboxylic acids is 1. The number of aliphatic hydroxyl groups is 1. The Labute approximate surface area is 107 Å². The highest BCUT2D eigenvalue weighted by atomic mass is 16.5. The number of ether oxygens (including phenoxy) is 1. The number of benzene rings is 1. The van der Waals surface area contributed by atoms with Crippen molar-refractivity contribution in [2.75, 3.05) is 7.11 Å². The molecular weight excluding hydrogens is 232 g/mol. The maximum absolute atomic E-state index is 11.2. The smallest absolute Gasteiger partial charge is 0.306 e. The first-order chi connectivity index (χ1) is 8.31. The Hall–Kier alpha value is -1.55. The van der Waals surface area contributed by atoms with Crippen LogP contribution in [0.5, 0.6) is 5.75 Å². The molecule has 0 radical (unpaired) electrons. The van der Waals surface area contributed by atoms with E-state index in [1.165, 1.54) is 0 Å². The van der Waals surface area contributed by atoms with Gasteiger partial charge in [-0.25, -0.2) is 0 Å². The van der Waals surface area contributed by atoms with Gasteiger partial charge in [-0.05, 0) is 44.4 Å². The molecular formula is C14H20O4. The summed E-state index contributed by atoms with van der Waals surface area (Å²) in [5, 5.41) is 18.9. The van der Waals surface area contributed by atoms with Gasteiger partial charge in [0.2, 0.25) is 0 Å². The van der Waals surface area contributed by atoms with E-state index in [2.05, 4.69) is 0 Å². The average molecular weight is 252 g/mol. The first-order valence-electron chi connectivity index (χ1n) is 5.90. The van der Waals surface area contributed by atoms with Crippen LogP contribution in [0.4, 0.5) is 0 Å². The monoisotopic (exact) mass is 252 g/mol. The Morgan fingerprint density at radius 1 is 1.44 bits per heavy atom. The number of carbonyl (C=O) groups is 1. The van der Waals surface area contributed by atoms with Crippen LogP contribution in [0.2, 0.25) is 0 Å². The standard InChI is InChI=1S/C14H20O4/c1-14(2,17)9-11(13(15)16)7-10-5-4-6-12(8-10)18-3/h4-6,8,11,17H,7,9H2,1-3H3,(H,15,16). The van der Waals surface area contributed by atoms with Crippen molar-refractivity contribution in [3.63, 3.8) is 0 Å². The van der Waals surface area contributed by atoms with Gasteiger partial charge in [-0.15, -0.1) is 0 Å².